The Kier molecular flexibility index (Phi) is 7.55. The second-order valence-corrected chi connectivity index (χ2v) is 13.6. The molecule has 0 aliphatic rings. The molecule has 0 aromatic heterocycles. The summed E-state index contributed by atoms with van der Waals surface area (Å²) in [4.78, 5) is 2.32. The van der Waals surface area contributed by atoms with Gasteiger partial charge in [-0.15, -0.1) is 0 Å². The lowest BCUT2D eigenvalue weighted by Crippen LogP contribution is -2.09. The summed E-state index contributed by atoms with van der Waals surface area (Å²) in [5, 5.41) is 10.2. The van der Waals surface area contributed by atoms with Gasteiger partial charge in [-0.1, -0.05) is 176 Å². The van der Waals surface area contributed by atoms with Gasteiger partial charge in [-0.3, -0.25) is 0 Å². The van der Waals surface area contributed by atoms with E-state index in [0.717, 1.165) is 17.1 Å². The number of fused-ring (bicyclic) bond motifs is 7. The van der Waals surface area contributed by atoms with E-state index in [-0.39, 0.29) is 0 Å². The minimum atomic E-state index is 1.12. The van der Waals surface area contributed by atoms with E-state index in [0.29, 0.717) is 0 Å². The highest BCUT2D eigenvalue weighted by molar-refractivity contribution is 6.36. The molecule has 0 aliphatic carbocycles. The van der Waals surface area contributed by atoms with Crippen molar-refractivity contribution in [3.8, 4) is 33.4 Å². The summed E-state index contributed by atoms with van der Waals surface area (Å²) in [5.74, 6) is 0. The van der Waals surface area contributed by atoms with E-state index in [1.54, 1.807) is 0 Å². The standard InChI is InChI=1S/C52H35N/c1-4-16-36(17-5-1)37-28-30-38(31-29-37)49-47-26-14-15-27-48(47)50(52-46-25-13-11-23-44(46)43-22-10-12-24-45(43)51(49)52)39-32-34-42(35-33-39)53(40-18-6-2-7-19-40)41-20-8-3-9-21-41/h1-35H. The van der Waals surface area contributed by atoms with Gasteiger partial charge in [0, 0.05) is 17.1 Å². The summed E-state index contributed by atoms with van der Waals surface area (Å²) >= 11 is 0. The van der Waals surface area contributed by atoms with Crippen LogP contribution >= 0.6 is 0 Å². The van der Waals surface area contributed by atoms with Crippen molar-refractivity contribution in [3.63, 3.8) is 0 Å². The number of anilines is 3. The SMILES string of the molecule is c1ccc(-c2ccc(-c3c4ccccc4c(-c4ccc(N(c5ccccc5)c5ccccc5)cc4)c4c5ccccc5c5ccccc5c34)cc2)cc1. The van der Waals surface area contributed by atoms with E-state index in [4.69, 9.17) is 0 Å². The van der Waals surface area contributed by atoms with Gasteiger partial charge in [-0.25, -0.2) is 0 Å². The number of para-hydroxylation sites is 2. The van der Waals surface area contributed by atoms with E-state index in [1.165, 1.54) is 76.5 Å². The smallest absolute Gasteiger partial charge is 0.0462 e. The molecule has 0 spiro atoms. The third kappa shape index (κ3) is 5.25. The lowest BCUT2D eigenvalue weighted by Gasteiger charge is -2.26. The van der Waals surface area contributed by atoms with Crippen LogP contribution in [0.2, 0.25) is 0 Å². The van der Waals surface area contributed by atoms with Crippen LogP contribution in [-0.4, -0.2) is 0 Å². The van der Waals surface area contributed by atoms with Gasteiger partial charge in [0.2, 0.25) is 0 Å². The zero-order valence-electron chi connectivity index (χ0n) is 29.2. The summed E-state index contributed by atoms with van der Waals surface area (Å²) in [6.45, 7) is 0. The largest absolute Gasteiger partial charge is 0.311 e. The molecule has 0 fully saturated rings. The fourth-order valence-electron chi connectivity index (χ4n) is 8.29. The molecule has 0 unspecified atom stereocenters. The minimum absolute atomic E-state index is 1.12. The highest BCUT2D eigenvalue weighted by atomic mass is 15.1. The van der Waals surface area contributed by atoms with Crippen LogP contribution < -0.4 is 4.90 Å². The molecule has 0 aliphatic heterocycles. The maximum absolute atomic E-state index is 2.32. The van der Waals surface area contributed by atoms with Gasteiger partial charge in [-0.05, 0) is 113 Å². The Hall–Kier alpha value is -6.96. The fraction of sp³-hybridized carbons (Fsp3) is 0. The molecule has 10 rings (SSSR count). The highest BCUT2D eigenvalue weighted by Gasteiger charge is 2.22. The predicted molar refractivity (Wildman–Crippen MR) is 227 cm³/mol. The molecule has 10 aromatic rings. The second kappa shape index (κ2) is 13.0. The molecule has 0 N–H and O–H groups in total. The van der Waals surface area contributed by atoms with Crippen LogP contribution in [0.4, 0.5) is 17.1 Å². The van der Waals surface area contributed by atoms with Gasteiger partial charge < -0.3 is 4.90 Å². The van der Waals surface area contributed by atoms with E-state index >= 15 is 0 Å². The minimum Gasteiger partial charge on any atom is -0.311 e. The first kappa shape index (κ1) is 30.8. The van der Waals surface area contributed by atoms with Crippen LogP contribution in [-0.2, 0) is 0 Å². The van der Waals surface area contributed by atoms with Crippen LogP contribution in [0, 0.1) is 0 Å². The molecule has 0 bridgehead atoms. The van der Waals surface area contributed by atoms with Gasteiger partial charge in [0.05, 0.1) is 0 Å². The van der Waals surface area contributed by atoms with Crippen molar-refractivity contribution in [3.05, 3.63) is 212 Å². The second-order valence-electron chi connectivity index (χ2n) is 13.6. The lowest BCUT2D eigenvalue weighted by molar-refractivity contribution is 1.28. The van der Waals surface area contributed by atoms with E-state index in [2.05, 4.69) is 217 Å². The number of benzene rings is 10. The van der Waals surface area contributed by atoms with Gasteiger partial charge in [0.25, 0.3) is 0 Å². The van der Waals surface area contributed by atoms with Crippen molar-refractivity contribution >= 4 is 60.2 Å². The molecule has 0 saturated heterocycles. The Labute approximate surface area is 309 Å². The molecule has 0 atom stereocenters. The maximum Gasteiger partial charge on any atom is 0.0462 e. The predicted octanol–water partition coefficient (Wildman–Crippen LogP) is 14.8. The fourth-order valence-corrected chi connectivity index (χ4v) is 8.29. The van der Waals surface area contributed by atoms with E-state index in [9.17, 15) is 0 Å². The van der Waals surface area contributed by atoms with Crippen LogP contribution in [0.15, 0.2) is 212 Å². The van der Waals surface area contributed by atoms with Crippen LogP contribution in [0.25, 0.3) is 76.5 Å². The highest BCUT2D eigenvalue weighted by Crippen LogP contribution is 2.50. The number of hydrogen-bond donors (Lipinski definition) is 0. The lowest BCUT2D eigenvalue weighted by atomic mass is 9.81. The molecule has 0 radical (unpaired) electrons. The third-order valence-corrected chi connectivity index (χ3v) is 10.6. The summed E-state index contributed by atoms with van der Waals surface area (Å²) < 4.78 is 0. The van der Waals surface area contributed by atoms with Gasteiger partial charge in [0.1, 0.15) is 0 Å². The van der Waals surface area contributed by atoms with Gasteiger partial charge in [0.15, 0.2) is 0 Å². The zero-order valence-corrected chi connectivity index (χ0v) is 29.2. The summed E-state index contributed by atoms with van der Waals surface area (Å²) in [7, 11) is 0. The summed E-state index contributed by atoms with van der Waals surface area (Å²) in [5.41, 5.74) is 10.8. The monoisotopic (exact) mass is 673 g/mol. The Morgan fingerprint density at radius 2 is 0.509 bits per heavy atom. The quantitative estimate of drug-likeness (QED) is 0.125. The number of rotatable bonds is 6. The van der Waals surface area contributed by atoms with Crippen LogP contribution in [0.3, 0.4) is 0 Å². The van der Waals surface area contributed by atoms with Crippen molar-refractivity contribution in [2.45, 2.75) is 0 Å². The van der Waals surface area contributed by atoms with Crippen LogP contribution in [0.1, 0.15) is 0 Å². The maximum atomic E-state index is 2.32. The molecular formula is C52H35N. The van der Waals surface area contributed by atoms with Crippen molar-refractivity contribution in [2.75, 3.05) is 4.90 Å². The molecule has 10 aromatic carbocycles. The average molecular weight is 674 g/mol. The van der Waals surface area contributed by atoms with Crippen molar-refractivity contribution in [1.29, 1.82) is 0 Å². The summed E-state index contributed by atoms with van der Waals surface area (Å²) in [6.07, 6.45) is 0. The third-order valence-electron chi connectivity index (χ3n) is 10.6. The first-order valence-corrected chi connectivity index (χ1v) is 18.3. The Balaban J connectivity index is 1.27. The number of hydrogen-bond acceptors (Lipinski definition) is 1. The molecule has 1 heteroatoms. The van der Waals surface area contributed by atoms with Gasteiger partial charge >= 0.3 is 0 Å². The molecule has 0 amide bonds. The van der Waals surface area contributed by atoms with Crippen LogP contribution in [0.5, 0.6) is 0 Å². The Morgan fingerprint density at radius 1 is 0.208 bits per heavy atom. The topological polar surface area (TPSA) is 3.24 Å². The zero-order chi connectivity index (χ0) is 35.1. The van der Waals surface area contributed by atoms with E-state index < -0.39 is 0 Å². The van der Waals surface area contributed by atoms with Crippen molar-refractivity contribution in [1.82, 2.24) is 0 Å². The van der Waals surface area contributed by atoms with Gasteiger partial charge in [-0.2, -0.15) is 0 Å². The van der Waals surface area contributed by atoms with E-state index in [1.807, 2.05) is 0 Å². The first-order valence-electron chi connectivity index (χ1n) is 18.3. The Bertz CT molecular complexity index is 2860. The normalized spacial score (nSPS) is 11.4. The Morgan fingerprint density at radius 3 is 0.962 bits per heavy atom. The van der Waals surface area contributed by atoms with Crippen molar-refractivity contribution < 1.29 is 0 Å². The number of nitrogens with zero attached hydrogens (tertiary/aromatic N) is 1. The first-order chi connectivity index (χ1) is 26.3. The average Bonchev–Trinajstić information content (AvgIpc) is 3.24. The molecule has 248 valence electrons. The molecule has 0 saturated carbocycles. The molecule has 53 heavy (non-hydrogen) atoms. The molecule has 1 nitrogen and oxygen atoms in total. The van der Waals surface area contributed by atoms with Crippen molar-refractivity contribution in [2.24, 2.45) is 0 Å². The molecule has 0 heterocycles. The summed E-state index contributed by atoms with van der Waals surface area (Å²) in [6, 6.07) is 77.1. The molecular weight excluding hydrogens is 639 g/mol.